The van der Waals surface area contributed by atoms with E-state index >= 15 is 0 Å². The third-order valence-corrected chi connectivity index (χ3v) is 4.24. The van der Waals surface area contributed by atoms with E-state index in [0.29, 0.717) is 4.83 Å². The van der Waals surface area contributed by atoms with E-state index in [1.165, 1.54) is 44.9 Å². The lowest BCUT2D eigenvalue weighted by Crippen LogP contribution is -1.94. The maximum atomic E-state index is 4.47. The quantitative estimate of drug-likeness (QED) is 0.312. The number of halogens is 2. The van der Waals surface area contributed by atoms with Gasteiger partial charge in [-0.15, -0.1) is 0 Å². The molecule has 1 aromatic rings. The Balaban J connectivity index is 2.19. The van der Waals surface area contributed by atoms with Gasteiger partial charge in [-0.05, 0) is 34.5 Å². The van der Waals surface area contributed by atoms with Gasteiger partial charge >= 0.3 is 0 Å². The number of unbranched alkanes of at least 4 members (excludes halogenated alkanes) is 5. The van der Waals surface area contributed by atoms with Crippen molar-refractivity contribution in [2.24, 2.45) is 0 Å². The number of rotatable bonds is 8. The molecule has 0 N–H and O–H groups in total. The fourth-order valence-corrected chi connectivity index (χ4v) is 2.79. The number of hydrogen-bond acceptors (Lipinski definition) is 1. The number of pyridine rings is 1. The van der Waals surface area contributed by atoms with Gasteiger partial charge in [0.1, 0.15) is 4.60 Å². The zero-order chi connectivity index (χ0) is 12.5. The zero-order valence-electron chi connectivity index (χ0n) is 10.5. The highest BCUT2D eigenvalue weighted by atomic mass is 79.9. The van der Waals surface area contributed by atoms with E-state index in [9.17, 15) is 0 Å². The van der Waals surface area contributed by atoms with Crippen LogP contribution in [0.2, 0.25) is 0 Å². The molecule has 0 aliphatic rings. The van der Waals surface area contributed by atoms with Crippen LogP contribution in [0.3, 0.4) is 0 Å². The molecular formula is C14H21Br2N. The average Bonchev–Trinajstić information content (AvgIpc) is 2.33. The first-order valence-electron chi connectivity index (χ1n) is 6.50. The van der Waals surface area contributed by atoms with E-state index < -0.39 is 0 Å². The van der Waals surface area contributed by atoms with Crippen LogP contribution in [0.25, 0.3) is 0 Å². The maximum Gasteiger partial charge on any atom is 0.106 e. The van der Waals surface area contributed by atoms with Gasteiger partial charge in [-0.3, -0.25) is 0 Å². The highest BCUT2D eigenvalue weighted by molar-refractivity contribution is 9.10. The lowest BCUT2D eigenvalue weighted by atomic mass is 10.1. The first-order chi connectivity index (χ1) is 8.24. The summed E-state index contributed by atoms with van der Waals surface area (Å²) in [5.41, 5.74) is 1.13. The van der Waals surface area contributed by atoms with Crippen molar-refractivity contribution in [2.75, 3.05) is 0 Å². The van der Waals surface area contributed by atoms with Crippen LogP contribution in [0.4, 0.5) is 0 Å². The van der Waals surface area contributed by atoms with E-state index in [2.05, 4.69) is 49.8 Å². The molecule has 3 heteroatoms. The smallest absolute Gasteiger partial charge is 0.106 e. The maximum absolute atomic E-state index is 4.47. The van der Waals surface area contributed by atoms with Crippen molar-refractivity contribution in [1.82, 2.24) is 4.98 Å². The van der Waals surface area contributed by atoms with E-state index in [4.69, 9.17) is 0 Å². The fourth-order valence-electron chi connectivity index (χ4n) is 1.85. The number of alkyl halides is 1. The van der Waals surface area contributed by atoms with E-state index in [-0.39, 0.29) is 0 Å². The third-order valence-electron chi connectivity index (χ3n) is 2.87. The van der Waals surface area contributed by atoms with E-state index in [0.717, 1.165) is 10.3 Å². The Kier molecular flexibility index (Phi) is 8.12. The molecule has 0 saturated carbocycles. The van der Waals surface area contributed by atoms with Gasteiger partial charge in [0.05, 0.1) is 10.5 Å². The first kappa shape index (κ1) is 15.2. The molecule has 1 nitrogen and oxygen atoms in total. The summed E-state index contributed by atoms with van der Waals surface area (Å²) in [6, 6.07) is 6.09. The fraction of sp³-hybridized carbons (Fsp3) is 0.643. The predicted octanol–water partition coefficient (Wildman–Crippen LogP) is 6.03. The average molecular weight is 363 g/mol. The molecule has 0 bridgehead atoms. The van der Waals surface area contributed by atoms with Gasteiger partial charge < -0.3 is 0 Å². The van der Waals surface area contributed by atoms with Crippen LogP contribution in [0.1, 0.15) is 62.4 Å². The summed E-state index contributed by atoms with van der Waals surface area (Å²) in [5.74, 6) is 0. The summed E-state index contributed by atoms with van der Waals surface area (Å²) in [6.45, 7) is 2.26. The van der Waals surface area contributed by atoms with Crippen LogP contribution in [0.15, 0.2) is 22.8 Å². The molecule has 0 saturated heterocycles. The molecule has 1 rings (SSSR count). The van der Waals surface area contributed by atoms with Crippen LogP contribution in [0, 0.1) is 0 Å². The molecule has 17 heavy (non-hydrogen) atoms. The van der Waals surface area contributed by atoms with Gasteiger partial charge in [0.2, 0.25) is 0 Å². The molecule has 0 aromatic carbocycles. The molecule has 0 aliphatic heterocycles. The summed E-state index contributed by atoms with van der Waals surface area (Å²) in [7, 11) is 0. The Morgan fingerprint density at radius 1 is 1.12 bits per heavy atom. The monoisotopic (exact) mass is 361 g/mol. The number of aromatic nitrogens is 1. The minimum Gasteiger partial charge on any atom is -0.245 e. The van der Waals surface area contributed by atoms with Crippen molar-refractivity contribution in [1.29, 1.82) is 0 Å². The van der Waals surface area contributed by atoms with Crippen molar-refractivity contribution in [3.05, 3.63) is 28.5 Å². The predicted molar refractivity (Wildman–Crippen MR) is 81.6 cm³/mol. The SMILES string of the molecule is CCCCCCCCC(Br)c1cccc(Br)n1. The molecule has 1 unspecified atom stereocenters. The van der Waals surface area contributed by atoms with Crippen molar-refractivity contribution >= 4 is 31.9 Å². The molecule has 0 radical (unpaired) electrons. The molecule has 0 aliphatic carbocycles. The van der Waals surface area contributed by atoms with Gasteiger partial charge in [0, 0.05) is 0 Å². The second-order valence-corrected chi connectivity index (χ2v) is 6.33. The molecule has 96 valence electrons. The van der Waals surface area contributed by atoms with Crippen molar-refractivity contribution in [3.63, 3.8) is 0 Å². The summed E-state index contributed by atoms with van der Waals surface area (Å²) < 4.78 is 0.919. The highest BCUT2D eigenvalue weighted by Crippen LogP contribution is 2.28. The first-order valence-corrected chi connectivity index (χ1v) is 8.21. The van der Waals surface area contributed by atoms with E-state index in [1.807, 2.05) is 12.1 Å². The van der Waals surface area contributed by atoms with Gasteiger partial charge in [0.15, 0.2) is 0 Å². The standard InChI is InChI=1S/C14H21Br2N/c1-2-3-4-5-6-7-9-12(15)13-10-8-11-14(16)17-13/h8,10-12H,2-7,9H2,1H3. The van der Waals surface area contributed by atoms with Crippen LogP contribution >= 0.6 is 31.9 Å². The Morgan fingerprint density at radius 3 is 2.53 bits per heavy atom. The Labute approximate surface area is 122 Å². The Bertz CT molecular complexity index is 315. The highest BCUT2D eigenvalue weighted by Gasteiger charge is 2.08. The summed E-state index contributed by atoms with van der Waals surface area (Å²) >= 11 is 7.13. The van der Waals surface area contributed by atoms with E-state index in [1.54, 1.807) is 0 Å². The third kappa shape index (κ3) is 6.56. The van der Waals surface area contributed by atoms with Gasteiger partial charge in [-0.1, -0.05) is 67.4 Å². The van der Waals surface area contributed by atoms with Crippen molar-refractivity contribution < 1.29 is 0 Å². The van der Waals surface area contributed by atoms with Crippen molar-refractivity contribution in [3.8, 4) is 0 Å². The lowest BCUT2D eigenvalue weighted by Gasteiger charge is -2.09. The minimum absolute atomic E-state index is 0.395. The minimum atomic E-state index is 0.395. The molecule has 0 fully saturated rings. The van der Waals surface area contributed by atoms with Gasteiger partial charge in [-0.2, -0.15) is 0 Å². The second-order valence-electron chi connectivity index (χ2n) is 4.41. The Morgan fingerprint density at radius 2 is 1.82 bits per heavy atom. The van der Waals surface area contributed by atoms with Crippen LogP contribution in [-0.4, -0.2) is 4.98 Å². The summed E-state index contributed by atoms with van der Waals surface area (Å²) in [6.07, 6.45) is 9.27. The van der Waals surface area contributed by atoms with Crippen LogP contribution in [0.5, 0.6) is 0 Å². The molecule has 0 amide bonds. The normalized spacial score (nSPS) is 12.6. The molecular weight excluding hydrogens is 342 g/mol. The number of nitrogens with zero attached hydrogens (tertiary/aromatic N) is 1. The van der Waals surface area contributed by atoms with Gasteiger partial charge in [-0.25, -0.2) is 4.98 Å². The molecule has 1 heterocycles. The second kappa shape index (κ2) is 9.09. The van der Waals surface area contributed by atoms with Crippen LogP contribution < -0.4 is 0 Å². The van der Waals surface area contributed by atoms with Crippen LogP contribution in [-0.2, 0) is 0 Å². The number of hydrogen-bond donors (Lipinski definition) is 0. The van der Waals surface area contributed by atoms with Crippen molar-refractivity contribution in [2.45, 2.75) is 56.7 Å². The molecule has 1 atom stereocenters. The summed E-state index contributed by atoms with van der Waals surface area (Å²) in [5, 5.41) is 0. The molecule has 1 aromatic heterocycles. The zero-order valence-corrected chi connectivity index (χ0v) is 13.6. The topological polar surface area (TPSA) is 12.9 Å². The Hall–Kier alpha value is 0.110. The van der Waals surface area contributed by atoms with Gasteiger partial charge in [0.25, 0.3) is 0 Å². The largest absolute Gasteiger partial charge is 0.245 e. The lowest BCUT2D eigenvalue weighted by molar-refractivity contribution is 0.586. The summed E-state index contributed by atoms with van der Waals surface area (Å²) in [4.78, 5) is 4.87. The molecule has 0 spiro atoms.